The van der Waals surface area contributed by atoms with Crippen LogP contribution in [0.3, 0.4) is 0 Å². The molecule has 2 nitrogen and oxygen atoms in total. The van der Waals surface area contributed by atoms with Crippen LogP contribution in [-0.2, 0) is 6.42 Å². The lowest BCUT2D eigenvalue weighted by atomic mass is 10.0. The standard InChI is InChI=1S/C15H22F3NO/c1-3-5-12-6-8-13(9-7-12)14(20)10-19(4-2)11-15(16,17)18/h6-9,14,20H,3-5,10-11H2,1-2H3. The van der Waals surface area contributed by atoms with Crippen molar-refractivity contribution in [3.05, 3.63) is 35.4 Å². The Balaban J connectivity index is 2.62. The maximum absolute atomic E-state index is 12.4. The van der Waals surface area contributed by atoms with Gasteiger partial charge in [-0.25, -0.2) is 0 Å². The molecule has 0 bridgehead atoms. The van der Waals surface area contributed by atoms with E-state index in [0.717, 1.165) is 12.8 Å². The third kappa shape index (κ3) is 5.92. The SMILES string of the molecule is CCCc1ccc(C(O)CN(CC)CC(F)(F)F)cc1. The smallest absolute Gasteiger partial charge is 0.387 e. The number of benzene rings is 1. The van der Waals surface area contributed by atoms with Crippen molar-refractivity contribution in [3.63, 3.8) is 0 Å². The summed E-state index contributed by atoms with van der Waals surface area (Å²) >= 11 is 0. The molecule has 0 saturated heterocycles. The molecule has 5 heteroatoms. The summed E-state index contributed by atoms with van der Waals surface area (Å²) in [6, 6.07) is 7.42. The highest BCUT2D eigenvalue weighted by atomic mass is 19.4. The Hall–Kier alpha value is -1.07. The zero-order valence-corrected chi connectivity index (χ0v) is 12.0. The third-order valence-corrected chi connectivity index (χ3v) is 3.18. The number of rotatable bonds is 7. The normalized spacial score (nSPS) is 13.8. The lowest BCUT2D eigenvalue weighted by Gasteiger charge is -2.24. The Kier molecular flexibility index (Phi) is 6.49. The van der Waals surface area contributed by atoms with Gasteiger partial charge in [0.2, 0.25) is 0 Å². The van der Waals surface area contributed by atoms with Gasteiger partial charge in [-0.1, -0.05) is 44.5 Å². The summed E-state index contributed by atoms with van der Waals surface area (Å²) in [5, 5.41) is 10.0. The molecular weight excluding hydrogens is 267 g/mol. The maximum atomic E-state index is 12.4. The van der Waals surface area contributed by atoms with Crippen molar-refractivity contribution in [2.45, 2.75) is 39.0 Å². The van der Waals surface area contributed by atoms with Crippen molar-refractivity contribution in [2.24, 2.45) is 0 Å². The minimum atomic E-state index is -4.24. The van der Waals surface area contributed by atoms with Gasteiger partial charge in [0.15, 0.2) is 0 Å². The van der Waals surface area contributed by atoms with Crippen molar-refractivity contribution in [1.29, 1.82) is 0 Å². The van der Waals surface area contributed by atoms with E-state index in [2.05, 4.69) is 6.92 Å². The largest absolute Gasteiger partial charge is 0.401 e. The molecule has 0 saturated carbocycles. The van der Waals surface area contributed by atoms with Gasteiger partial charge in [0.05, 0.1) is 12.6 Å². The molecule has 0 aliphatic rings. The molecule has 1 unspecified atom stereocenters. The van der Waals surface area contributed by atoms with Gasteiger partial charge >= 0.3 is 6.18 Å². The average molecular weight is 289 g/mol. The van der Waals surface area contributed by atoms with E-state index in [-0.39, 0.29) is 13.1 Å². The summed E-state index contributed by atoms with van der Waals surface area (Å²) in [7, 11) is 0. The Labute approximate surface area is 118 Å². The highest BCUT2D eigenvalue weighted by Crippen LogP contribution is 2.20. The summed E-state index contributed by atoms with van der Waals surface area (Å²) in [5.41, 5.74) is 1.83. The minimum Gasteiger partial charge on any atom is -0.387 e. The van der Waals surface area contributed by atoms with E-state index in [9.17, 15) is 18.3 Å². The molecule has 0 aliphatic carbocycles. The number of likely N-dealkylation sites (N-methyl/N-ethyl adjacent to an activating group) is 1. The van der Waals surface area contributed by atoms with E-state index in [4.69, 9.17) is 0 Å². The predicted molar refractivity (Wildman–Crippen MR) is 73.6 cm³/mol. The van der Waals surface area contributed by atoms with Crippen LogP contribution in [0.15, 0.2) is 24.3 Å². The zero-order chi connectivity index (χ0) is 15.2. The van der Waals surface area contributed by atoms with Crippen LogP contribution in [0.1, 0.15) is 37.5 Å². The number of aliphatic hydroxyl groups excluding tert-OH is 1. The topological polar surface area (TPSA) is 23.5 Å². The zero-order valence-electron chi connectivity index (χ0n) is 12.0. The number of nitrogens with zero attached hydrogens (tertiary/aromatic N) is 1. The molecule has 1 atom stereocenters. The van der Waals surface area contributed by atoms with Crippen molar-refractivity contribution < 1.29 is 18.3 Å². The van der Waals surface area contributed by atoms with Crippen molar-refractivity contribution in [2.75, 3.05) is 19.6 Å². The van der Waals surface area contributed by atoms with Crippen LogP contribution in [0.5, 0.6) is 0 Å². The minimum absolute atomic E-state index is 0.0108. The first-order valence-corrected chi connectivity index (χ1v) is 6.91. The molecule has 1 aromatic carbocycles. The molecule has 20 heavy (non-hydrogen) atoms. The molecule has 1 rings (SSSR count). The second kappa shape index (κ2) is 7.64. The molecule has 1 N–H and O–H groups in total. The van der Waals surface area contributed by atoms with Crippen molar-refractivity contribution >= 4 is 0 Å². The van der Waals surface area contributed by atoms with E-state index in [1.165, 1.54) is 10.5 Å². The Bertz CT molecular complexity index is 389. The number of aliphatic hydroxyl groups is 1. The Morgan fingerprint density at radius 3 is 2.20 bits per heavy atom. The molecule has 114 valence electrons. The van der Waals surface area contributed by atoms with Crippen molar-refractivity contribution in [1.82, 2.24) is 4.90 Å². The second-order valence-electron chi connectivity index (χ2n) is 4.95. The summed E-state index contributed by atoms with van der Waals surface area (Å²) in [6.45, 7) is 2.99. The average Bonchev–Trinajstić information content (AvgIpc) is 2.37. The third-order valence-electron chi connectivity index (χ3n) is 3.18. The summed E-state index contributed by atoms with van der Waals surface area (Å²) in [5.74, 6) is 0. The van der Waals surface area contributed by atoms with E-state index < -0.39 is 18.8 Å². The summed E-state index contributed by atoms with van der Waals surface area (Å²) in [6.07, 6.45) is -3.13. The van der Waals surface area contributed by atoms with Gasteiger partial charge in [0.25, 0.3) is 0 Å². The lowest BCUT2D eigenvalue weighted by Crippen LogP contribution is -2.36. The Morgan fingerprint density at radius 1 is 1.15 bits per heavy atom. The predicted octanol–water partition coefficient (Wildman–Crippen LogP) is 3.56. The molecule has 0 aromatic heterocycles. The van der Waals surface area contributed by atoms with Gasteiger partial charge in [-0.05, 0) is 24.1 Å². The van der Waals surface area contributed by atoms with E-state index in [1.54, 1.807) is 19.1 Å². The van der Waals surface area contributed by atoms with Crippen molar-refractivity contribution in [3.8, 4) is 0 Å². The van der Waals surface area contributed by atoms with E-state index in [0.29, 0.717) is 5.56 Å². The molecule has 1 aromatic rings. The first-order valence-electron chi connectivity index (χ1n) is 6.91. The second-order valence-corrected chi connectivity index (χ2v) is 4.95. The molecule has 0 radical (unpaired) electrons. The fraction of sp³-hybridized carbons (Fsp3) is 0.600. The molecule has 0 spiro atoms. The molecule has 0 amide bonds. The fourth-order valence-corrected chi connectivity index (χ4v) is 2.10. The van der Waals surface area contributed by atoms with Gasteiger partial charge in [-0.3, -0.25) is 4.90 Å². The first kappa shape index (κ1) is 17.0. The van der Waals surface area contributed by atoms with Crippen LogP contribution in [0.25, 0.3) is 0 Å². The maximum Gasteiger partial charge on any atom is 0.401 e. The summed E-state index contributed by atoms with van der Waals surface area (Å²) in [4.78, 5) is 1.20. The van der Waals surface area contributed by atoms with Gasteiger partial charge in [-0.15, -0.1) is 0 Å². The molecule has 0 fully saturated rings. The fourth-order valence-electron chi connectivity index (χ4n) is 2.10. The number of hydrogen-bond donors (Lipinski definition) is 1. The number of halogens is 3. The van der Waals surface area contributed by atoms with E-state index >= 15 is 0 Å². The summed E-state index contributed by atoms with van der Waals surface area (Å²) < 4.78 is 37.1. The monoisotopic (exact) mass is 289 g/mol. The quantitative estimate of drug-likeness (QED) is 0.829. The van der Waals surface area contributed by atoms with Crippen LogP contribution in [-0.4, -0.2) is 35.8 Å². The number of alkyl halides is 3. The van der Waals surface area contributed by atoms with Crippen LogP contribution < -0.4 is 0 Å². The highest BCUT2D eigenvalue weighted by Gasteiger charge is 2.30. The van der Waals surface area contributed by atoms with Gasteiger partial charge in [0.1, 0.15) is 0 Å². The van der Waals surface area contributed by atoms with Crippen LogP contribution in [0.2, 0.25) is 0 Å². The first-order chi connectivity index (χ1) is 9.35. The van der Waals surface area contributed by atoms with Gasteiger partial charge < -0.3 is 5.11 Å². The Morgan fingerprint density at radius 2 is 1.75 bits per heavy atom. The van der Waals surface area contributed by atoms with Crippen LogP contribution in [0.4, 0.5) is 13.2 Å². The lowest BCUT2D eigenvalue weighted by molar-refractivity contribution is -0.148. The molecular formula is C15H22F3NO. The van der Waals surface area contributed by atoms with Gasteiger partial charge in [-0.2, -0.15) is 13.2 Å². The van der Waals surface area contributed by atoms with Crippen LogP contribution >= 0.6 is 0 Å². The molecule has 0 heterocycles. The highest BCUT2D eigenvalue weighted by molar-refractivity contribution is 5.24. The number of hydrogen-bond acceptors (Lipinski definition) is 2. The molecule has 0 aliphatic heterocycles. The van der Waals surface area contributed by atoms with E-state index in [1.807, 2.05) is 12.1 Å². The van der Waals surface area contributed by atoms with Crippen LogP contribution in [0, 0.1) is 0 Å². The number of aryl methyl sites for hydroxylation is 1. The van der Waals surface area contributed by atoms with Gasteiger partial charge in [0, 0.05) is 6.54 Å².